The largest absolute Gasteiger partial charge is 0.484 e. The van der Waals surface area contributed by atoms with Crippen LogP contribution in [0.2, 0.25) is 0 Å². The molecule has 0 amide bonds. The van der Waals surface area contributed by atoms with E-state index in [2.05, 4.69) is 28.9 Å². The van der Waals surface area contributed by atoms with Gasteiger partial charge in [0.15, 0.2) is 5.82 Å². The highest BCUT2D eigenvalue weighted by Crippen LogP contribution is 2.12. The summed E-state index contributed by atoms with van der Waals surface area (Å²) in [5, 5.41) is 4.17. The summed E-state index contributed by atoms with van der Waals surface area (Å²) in [6, 6.07) is 4.05. The van der Waals surface area contributed by atoms with Crippen molar-refractivity contribution in [2.45, 2.75) is 52.3 Å². The maximum Gasteiger partial charge on any atom is 0.164 e. The van der Waals surface area contributed by atoms with Crippen LogP contribution in [0.5, 0.6) is 5.75 Å². The summed E-state index contributed by atoms with van der Waals surface area (Å²) in [6.07, 6.45) is 6.05. The van der Waals surface area contributed by atoms with Gasteiger partial charge in [0.25, 0.3) is 0 Å². The summed E-state index contributed by atoms with van der Waals surface area (Å²) < 4.78 is 7.57. The van der Waals surface area contributed by atoms with E-state index < -0.39 is 0 Å². The molecule has 6 heteroatoms. The van der Waals surface area contributed by atoms with Crippen LogP contribution in [0, 0.1) is 0 Å². The first kappa shape index (κ1) is 15.4. The summed E-state index contributed by atoms with van der Waals surface area (Å²) in [5.41, 5.74) is 6.91. The first-order chi connectivity index (χ1) is 10.2. The molecule has 6 nitrogen and oxygen atoms in total. The lowest BCUT2D eigenvalue weighted by Gasteiger charge is -2.09. The van der Waals surface area contributed by atoms with Crippen molar-refractivity contribution >= 4 is 0 Å². The van der Waals surface area contributed by atoms with Gasteiger partial charge < -0.3 is 10.5 Å². The summed E-state index contributed by atoms with van der Waals surface area (Å²) in [4.78, 5) is 8.59. The second kappa shape index (κ2) is 7.73. The van der Waals surface area contributed by atoms with Crippen molar-refractivity contribution in [3.05, 3.63) is 36.2 Å². The fourth-order valence-corrected chi connectivity index (χ4v) is 1.98. The number of hydrogen-bond acceptors (Lipinski definition) is 5. The van der Waals surface area contributed by atoms with Crippen LogP contribution in [0.3, 0.4) is 0 Å². The van der Waals surface area contributed by atoms with Gasteiger partial charge in [-0.15, -0.1) is 0 Å². The number of nitrogens with zero attached hydrogens (tertiary/aromatic N) is 4. The third kappa shape index (κ3) is 4.53. The molecule has 2 aromatic heterocycles. The Labute approximate surface area is 125 Å². The van der Waals surface area contributed by atoms with Crippen LogP contribution < -0.4 is 10.5 Å². The molecule has 0 bridgehead atoms. The molecule has 0 saturated carbocycles. The zero-order valence-corrected chi connectivity index (χ0v) is 12.7. The Balaban J connectivity index is 1.90. The maximum atomic E-state index is 5.92. The molecule has 114 valence electrons. The molecule has 0 aliphatic carbocycles. The Kier molecular flexibility index (Phi) is 5.68. The minimum Gasteiger partial charge on any atom is -0.484 e. The molecular formula is C15H23N5O. The molecule has 0 spiro atoms. The first-order valence-corrected chi connectivity index (χ1v) is 7.42. The Hall–Kier alpha value is -1.95. The second-order valence-electron chi connectivity index (χ2n) is 5.05. The minimum atomic E-state index is 0.164. The smallest absolute Gasteiger partial charge is 0.164 e. The fourth-order valence-electron chi connectivity index (χ4n) is 1.98. The topological polar surface area (TPSA) is 78.8 Å². The molecule has 2 N–H and O–H groups in total. The third-order valence-electron chi connectivity index (χ3n) is 3.29. The quantitative estimate of drug-likeness (QED) is 0.803. The van der Waals surface area contributed by atoms with Crippen LogP contribution >= 0.6 is 0 Å². The van der Waals surface area contributed by atoms with Crippen molar-refractivity contribution in [2.24, 2.45) is 5.73 Å². The second-order valence-corrected chi connectivity index (χ2v) is 5.05. The summed E-state index contributed by atoms with van der Waals surface area (Å²) in [5.74, 6) is 1.56. The van der Waals surface area contributed by atoms with E-state index in [-0.39, 0.29) is 6.04 Å². The van der Waals surface area contributed by atoms with E-state index >= 15 is 0 Å². The Morgan fingerprint density at radius 1 is 1.29 bits per heavy atom. The average Bonchev–Trinajstić information content (AvgIpc) is 2.94. The zero-order valence-electron chi connectivity index (χ0n) is 12.7. The van der Waals surface area contributed by atoms with Gasteiger partial charge in [0.05, 0.1) is 6.20 Å². The van der Waals surface area contributed by atoms with E-state index in [1.165, 1.54) is 0 Å². The van der Waals surface area contributed by atoms with Gasteiger partial charge >= 0.3 is 0 Å². The lowest BCUT2D eigenvalue weighted by Crippen LogP contribution is -2.21. The van der Waals surface area contributed by atoms with E-state index in [1.54, 1.807) is 12.5 Å². The van der Waals surface area contributed by atoms with Gasteiger partial charge in [0.2, 0.25) is 0 Å². The van der Waals surface area contributed by atoms with Gasteiger partial charge in [0.1, 0.15) is 18.7 Å². The summed E-state index contributed by atoms with van der Waals surface area (Å²) in [6.45, 7) is 5.44. The van der Waals surface area contributed by atoms with E-state index in [4.69, 9.17) is 10.5 Å². The highest BCUT2D eigenvalue weighted by atomic mass is 16.5. The van der Waals surface area contributed by atoms with Crippen molar-refractivity contribution in [1.29, 1.82) is 0 Å². The molecule has 0 aliphatic heterocycles. The molecule has 0 aliphatic rings. The molecule has 2 aromatic rings. The Bertz CT molecular complexity index is 537. The molecule has 2 rings (SSSR count). The monoisotopic (exact) mass is 289 g/mol. The number of ether oxygens (including phenoxy) is 1. The number of aryl methyl sites for hydroxylation is 1. The van der Waals surface area contributed by atoms with Gasteiger partial charge in [-0.05, 0) is 25.0 Å². The van der Waals surface area contributed by atoms with Crippen LogP contribution in [0.4, 0.5) is 0 Å². The van der Waals surface area contributed by atoms with Crippen molar-refractivity contribution in [3.8, 4) is 5.75 Å². The standard InChI is InChI=1S/C15H23N5O/c1-3-7-20-15(18-11-19-20)10-21-14-6-5-13(17-9-14)8-12(16)4-2/h5-6,9,11-12H,3-4,7-8,10,16H2,1-2H3. The van der Waals surface area contributed by atoms with Crippen LogP contribution in [0.15, 0.2) is 24.7 Å². The predicted molar refractivity (Wildman–Crippen MR) is 80.9 cm³/mol. The van der Waals surface area contributed by atoms with Gasteiger partial charge in [-0.2, -0.15) is 5.10 Å². The Morgan fingerprint density at radius 3 is 2.81 bits per heavy atom. The normalized spacial score (nSPS) is 12.3. The molecule has 1 atom stereocenters. The molecule has 2 heterocycles. The first-order valence-electron chi connectivity index (χ1n) is 7.42. The SMILES string of the molecule is CCCn1ncnc1COc1ccc(CC(N)CC)nc1. The number of aromatic nitrogens is 4. The highest BCUT2D eigenvalue weighted by Gasteiger charge is 2.06. The van der Waals surface area contributed by atoms with E-state index in [9.17, 15) is 0 Å². The number of pyridine rings is 1. The number of hydrogen-bond donors (Lipinski definition) is 1. The minimum absolute atomic E-state index is 0.164. The predicted octanol–water partition coefficient (Wildman–Crippen LogP) is 1.94. The molecule has 0 radical (unpaired) electrons. The third-order valence-corrected chi connectivity index (χ3v) is 3.29. The Morgan fingerprint density at radius 2 is 2.14 bits per heavy atom. The molecule has 21 heavy (non-hydrogen) atoms. The van der Waals surface area contributed by atoms with E-state index in [0.717, 1.165) is 43.1 Å². The van der Waals surface area contributed by atoms with Crippen molar-refractivity contribution in [1.82, 2.24) is 19.7 Å². The zero-order chi connectivity index (χ0) is 15.1. The van der Waals surface area contributed by atoms with E-state index in [1.807, 2.05) is 16.8 Å². The molecular weight excluding hydrogens is 266 g/mol. The lowest BCUT2D eigenvalue weighted by atomic mass is 10.1. The number of rotatable bonds is 8. The van der Waals surface area contributed by atoms with Crippen molar-refractivity contribution < 1.29 is 4.74 Å². The van der Waals surface area contributed by atoms with E-state index in [0.29, 0.717) is 6.61 Å². The average molecular weight is 289 g/mol. The maximum absolute atomic E-state index is 5.92. The molecule has 1 unspecified atom stereocenters. The van der Waals surface area contributed by atoms with Gasteiger partial charge in [-0.1, -0.05) is 13.8 Å². The fraction of sp³-hybridized carbons (Fsp3) is 0.533. The molecule has 0 aromatic carbocycles. The molecule has 0 saturated heterocycles. The van der Waals surface area contributed by atoms with Gasteiger partial charge in [-0.3, -0.25) is 4.98 Å². The van der Waals surface area contributed by atoms with Gasteiger partial charge in [0, 0.05) is 24.7 Å². The summed E-state index contributed by atoms with van der Waals surface area (Å²) >= 11 is 0. The van der Waals surface area contributed by atoms with Crippen molar-refractivity contribution in [2.75, 3.05) is 0 Å². The number of nitrogens with two attached hydrogens (primary N) is 1. The lowest BCUT2D eigenvalue weighted by molar-refractivity contribution is 0.285. The van der Waals surface area contributed by atoms with Crippen molar-refractivity contribution in [3.63, 3.8) is 0 Å². The highest BCUT2D eigenvalue weighted by molar-refractivity contribution is 5.20. The van der Waals surface area contributed by atoms with Crippen LogP contribution in [0.25, 0.3) is 0 Å². The summed E-state index contributed by atoms with van der Waals surface area (Å²) in [7, 11) is 0. The van der Waals surface area contributed by atoms with Gasteiger partial charge in [-0.25, -0.2) is 9.67 Å². The van der Waals surface area contributed by atoms with Crippen LogP contribution in [0.1, 0.15) is 38.2 Å². The van der Waals surface area contributed by atoms with Crippen LogP contribution in [-0.2, 0) is 19.6 Å². The van der Waals surface area contributed by atoms with Crippen LogP contribution in [-0.4, -0.2) is 25.8 Å². The molecule has 0 fully saturated rings.